The molecule has 0 aromatic carbocycles. The maximum atomic E-state index is 12.6. The lowest BCUT2D eigenvalue weighted by Gasteiger charge is -2.35. The third kappa shape index (κ3) is 3.74. The van der Waals surface area contributed by atoms with Gasteiger partial charge in [0.25, 0.3) is 11.5 Å². The van der Waals surface area contributed by atoms with Crippen molar-refractivity contribution in [1.29, 1.82) is 0 Å². The summed E-state index contributed by atoms with van der Waals surface area (Å²) >= 11 is 0. The Labute approximate surface area is 152 Å². The Balaban J connectivity index is 1.70. The first-order chi connectivity index (χ1) is 12.3. The van der Waals surface area contributed by atoms with Crippen molar-refractivity contribution < 1.29 is 4.79 Å². The SMILES string of the molecule is Cc1cc(N2CCN(C(=O)c3ccc(=O)n(C)n3)CC2)nc(C(C)C)n1. The third-order valence-electron chi connectivity index (χ3n) is 4.44. The van der Waals surface area contributed by atoms with Crippen LogP contribution in [-0.2, 0) is 7.05 Å². The maximum absolute atomic E-state index is 12.6. The van der Waals surface area contributed by atoms with E-state index in [2.05, 4.69) is 33.8 Å². The second kappa shape index (κ2) is 7.23. The third-order valence-corrected chi connectivity index (χ3v) is 4.44. The van der Waals surface area contributed by atoms with Crippen LogP contribution < -0.4 is 10.5 Å². The zero-order chi connectivity index (χ0) is 18.8. The van der Waals surface area contributed by atoms with Crippen LogP contribution in [0.5, 0.6) is 0 Å². The molecule has 2 aromatic heterocycles. The smallest absolute Gasteiger partial charge is 0.274 e. The number of carbonyl (C=O) groups is 1. The zero-order valence-electron chi connectivity index (χ0n) is 15.6. The number of rotatable bonds is 3. The van der Waals surface area contributed by atoms with Gasteiger partial charge in [-0.3, -0.25) is 9.59 Å². The summed E-state index contributed by atoms with van der Waals surface area (Å²) in [4.78, 5) is 37.1. The number of aryl methyl sites for hydroxylation is 2. The molecule has 0 N–H and O–H groups in total. The van der Waals surface area contributed by atoms with Crippen molar-refractivity contribution in [3.05, 3.63) is 45.8 Å². The molecule has 0 spiro atoms. The molecule has 2 aromatic rings. The quantitative estimate of drug-likeness (QED) is 0.815. The van der Waals surface area contributed by atoms with Gasteiger partial charge in [0.05, 0.1) is 0 Å². The van der Waals surface area contributed by atoms with Crippen LogP contribution in [0.15, 0.2) is 23.0 Å². The zero-order valence-corrected chi connectivity index (χ0v) is 15.6. The van der Waals surface area contributed by atoms with E-state index in [0.717, 1.165) is 17.3 Å². The molecule has 1 fully saturated rings. The summed E-state index contributed by atoms with van der Waals surface area (Å²) in [6, 6.07) is 4.84. The van der Waals surface area contributed by atoms with Crippen molar-refractivity contribution in [3.8, 4) is 0 Å². The molecule has 3 heterocycles. The maximum Gasteiger partial charge on any atom is 0.274 e. The molecule has 1 saturated heterocycles. The van der Waals surface area contributed by atoms with Crippen LogP contribution in [0, 0.1) is 6.92 Å². The van der Waals surface area contributed by atoms with Crippen LogP contribution in [0.1, 0.15) is 41.8 Å². The molecule has 8 heteroatoms. The van der Waals surface area contributed by atoms with Gasteiger partial charge in [-0.25, -0.2) is 14.6 Å². The first-order valence-corrected chi connectivity index (χ1v) is 8.79. The summed E-state index contributed by atoms with van der Waals surface area (Å²) in [5.41, 5.74) is 1.01. The Morgan fingerprint density at radius 1 is 1.12 bits per heavy atom. The minimum absolute atomic E-state index is 0.151. The molecular formula is C18H24N6O2. The molecule has 3 rings (SSSR count). The van der Waals surface area contributed by atoms with Gasteiger partial charge in [-0.15, -0.1) is 0 Å². The monoisotopic (exact) mass is 356 g/mol. The van der Waals surface area contributed by atoms with Crippen molar-refractivity contribution in [2.45, 2.75) is 26.7 Å². The number of nitrogens with zero attached hydrogens (tertiary/aromatic N) is 6. The Morgan fingerprint density at radius 3 is 2.42 bits per heavy atom. The van der Waals surface area contributed by atoms with Gasteiger partial charge in [0.2, 0.25) is 0 Å². The molecule has 0 atom stereocenters. The van der Waals surface area contributed by atoms with Gasteiger partial charge in [0, 0.05) is 57.0 Å². The molecule has 0 unspecified atom stereocenters. The largest absolute Gasteiger partial charge is 0.353 e. The number of hydrogen-bond acceptors (Lipinski definition) is 6. The van der Waals surface area contributed by atoms with Gasteiger partial charge in [0.1, 0.15) is 17.3 Å². The van der Waals surface area contributed by atoms with Crippen molar-refractivity contribution in [1.82, 2.24) is 24.6 Å². The van der Waals surface area contributed by atoms with Crippen LogP contribution in [-0.4, -0.2) is 56.7 Å². The summed E-state index contributed by atoms with van der Waals surface area (Å²) in [7, 11) is 1.54. The van der Waals surface area contributed by atoms with E-state index in [9.17, 15) is 9.59 Å². The highest BCUT2D eigenvalue weighted by Gasteiger charge is 2.24. The van der Waals surface area contributed by atoms with E-state index >= 15 is 0 Å². The molecular weight excluding hydrogens is 332 g/mol. The normalized spacial score (nSPS) is 14.8. The van der Waals surface area contributed by atoms with Crippen LogP contribution in [0.3, 0.4) is 0 Å². The number of amides is 1. The fraction of sp³-hybridized carbons (Fsp3) is 0.500. The fourth-order valence-corrected chi connectivity index (χ4v) is 2.91. The summed E-state index contributed by atoms with van der Waals surface area (Å²) in [6.07, 6.45) is 0. The van der Waals surface area contributed by atoms with E-state index in [1.165, 1.54) is 16.8 Å². The number of piperazine rings is 1. The molecule has 0 saturated carbocycles. The average Bonchev–Trinajstić information content (AvgIpc) is 2.63. The van der Waals surface area contributed by atoms with Crippen molar-refractivity contribution >= 4 is 11.7 Å². The van der Waals surface area contributed by atoms with Gasteiger partial charge < -0.3 is 9.80 Å². The van der Waals surface area contributed by atoms with Crippen molar-refractivity contribution in [2.24, 2.45) is 7.05 Å². The van der Waals surface area contributed by atoms with Gasteiger partial charge in [0.15, 0.2) is 0 Å². The Morgan fingerprint density at radius 2 is 1.81 bits per heavy atom. The van der Waals surface area contributed by atoms with E-state index in [0.29, 0.717) is 31.9 Å². The van der Waals surface area contributed by atoms with Gasteiger partial charge in [-0.05, 0) is 13.0 Å². The number of anilines is 1. The molecule has 0 bridgehead atoms. The first kappa shape index (κ1) is 18.0. The first-order valence-electron chi connectivity index (χ1n) is 8.79. The van der Waals surface area contributed by atoms with Crippen molar-refractivity contribution in [3.63, 3.8) is 0 Å². The lowest BCUT2D eigenvalue weighted by Crippen LogP contribution is -2.49. The lowest BCUT2D eigenvalue weighted by atomic mass is 10.2. The van der Waals surface area contributed by atoms with E-state index in [-0.39, 0.29) is 17.4 Å². The van der Waals surface area contributed by atoms with Crippen molar-refractivity contribution in [2.75, 3.05) is 31.1 Å². The molecule has 138 valence electrons. The minimum atomic E-state index is -0.230. The summed E-state index contributed by atoms with van der Waals surface area (Å²) < 4.78 is 1.18. The summed E-state index contributed by atoms with van der Waals surface area (Å²) in [5, 5.41) is 4.05. The molecule has 26 heavy (non-hydrogen) atoms. The molecule has 0 radical (unpaired) electrons. The molecule has 1 amide bonds. The second-order valence-electron chi connectivity index (χ2n) is 6.84. The van der Waals surface area contributed by atoms with Gasteiger partial charge in [-0.1, -0.05) is 13.8 Å². The average molecular weight is 356 g/mol. The predicted molar refractivity (Wildman–Crippen MR) is 98.5 cm³/mol. The highest BCUT2D eigenvalue weighted by atomic mass is 16.2. The van der Waals surface area contributed by atoms with E-state index in [4.69, 9.17) is 0 Å². The van der Waals surface area contributed by atoms with E-state index in [1.807, 2.05) is 13.0 Å². The van der Waals surface area contributed by atoms with Crippen LogP contribution in [0.2, 0.25) is 0 Å². The molecule has 1 aliphatic heterocycles. The number of hydrogen-bond donors (Lipinski definition) is 0. The van der Waals surface area contributed by atoms with Gasteiger partial charge >= 0.3 is 0 Å². The summed E-state index contributed by atoms with van der Waals surface area (Å²) in [5.74, 6) is 1.87. The molecule has 1 aliphatic rings. The Bertz CT molecular complexity index is 868. The lowest BCUT2D eigenvalue weighted by molar-refractivity contribution is 0.0738. The van der Waals surface area contributed by atoms with Crippen LogP contribution in [0.4, 0.5) is 5.82 Å². The standard InChI is InChI=1S/C18H24N6O2/c1-12(2)17-19-13(3)11-15(20-17)23-7-9-24(10-8-23)18(26)14-5-6-16(25)22(4)21-14/h5-6,11-12H,7-10H2,1-4H3. The Kier molecular flexibility index (Phi) is 5.01. The van der Waals surface area contributed by atoms with E-state index < -0.39 is 0 Å². The van der Waals surface area contributed by atoms with Crippen LogP contribution >= 0.6 is 0 Å². The van der Waals surface area contributed by atoms with Crippen LogP contribution in [0.25, 0.3) is 0 Å². The molecule has 0 aliphatic carbocycles. The molecule has 8 nitrogen and oxygen atoms in total. The highest BCUT2D eigenvalue weighted by molar-refractivity contribution is 5.92. The highest BCUT2D eigenvalue weighted by Crippen LogP contribution is 2.19. The van der Waals surface area contributed by atoms with E-state index in [1.54, 1.807) is 11.9 Å². The second-order valence-corrected chi connectivity index (χ2v) is 6.84. The number of carbonyl (C=O) groups excluding carboxylic acids is 1. The Hall–Kier alpha value is -2.77. The van der Waals surface area contributed by atoms with Gasteiger partial charge in [-0.2, -0.15) is 5.10 Å². The fourth-order valence-electron chi connectivity index (χ4n) is 2.91. The predicted octanol–water partition coefficient (Wildman–Crippen LogP) is 0.965. The summed E-state index contributed by atoms with van der Waals surface area (Å²) in [6.45, 7) is 8.71. The number of aromatic nitrogens is 4. The topological polar surface area (TPSA) is 84.2 Å². The minimum Gasteiger partial charge on any atom is -0.353 e.